The Bertz CT molecular complexity index is 331. The van der Waals surface area contributed by atoms with Crippen LogP contribution in [0.3, 0.4) is 0 Å². The van der Waals surface area contributed by atoms with Gasteiger partial charge >= 0.3 is 0 Å². The van der Waals surface area contributed by atoms with Gasteiger partial charge in [0.15, 0.2) is 5.82 Å². The molecule has 1 aliphatic rings. The standard InChI is InChI=1S/C13H23N3O/c1-2-11(14)9-12-15-13(17-16-12)8-7-10-5-3-4-6-10/h10-11H,2-9,14H2,1H3. The zero-order valence-corrected chi connectivity index (χ0v) is 10.7. The number of hydrogen-bond donors (Lipinski definition) is 1. The van der Waals surface area contributed by atoms with Crippen LogP contribution in [0.15, 0.2) is 4.52 Å². The van der Waals surface area contributed by atoms with E-state index >= 15 is 0 Å². The number of nitrogens with two attached hydrogens (primary N) is 1. The summed E-state index contributed by atoms with van der Waals surface area (Å²) in [4.78, 5) is 4.40. The van der Waals surface area contributed by atoms with E-state index in [1.165, 1.54) is 32.1 Å². The Labute approximate surface area is 103 Å². The highest BCUT2D eigenvalue weighted by Gasteiger charge is 2.16. The van der Waals surface area contributed by atoms with Crippen LogP contribution in [0.25, 0.3) is 0 Å². The van der Waals surface area contributed by atoms with Crippen molar-refractivity contribution in [1.82, 2.24) is 10.1 Å². The molecule has 4 nitrogen and oxygen atoms in total. The second kappa shape index (κ2) is 6.15. The van der Waals surface area contributed by atoms with Crippen LogP contribution in [0.2, 0.25) is 0 Å². The van der Waals surface area contributed by atoms with Crippen molar-refractivity contribution in [3.63, 3.8) is 0 Å². The van der Waals surface area contributed by atoms with Gasteiger partial charge in [-0.2, -0.15) is 4.98 Å². The molecule has 1 aromatic heterocycles. The molecule has 2 N–H and O–H groups in total. The average molecular weight is 237 g/mol. The monoisotopic (exact) mass is 237 g/mol. The first-order valence-electron chi connectivity index (χ1n) is 6.85. The predicted octanol–water partition coefficient (Wildman–Crippen LogP) is 2.47. The Morgan fingerprint density at radius 1 is 1.41 bits per heavy atom. The lowest BCUT2D eigenvalue weighted by molar-refractivity contribution is 0.357. The van der Waals surface area contributed by atoms with Crippen LogP contribution in [0.5, 0.6) is 0 Å². The Morgan fingerprint density at radius 3 is 2.88 bits per heavy atom. The fraction of sp³-hybridized carbons (Fsp3) is 0.846. The largest absolute Gasteiger partial charge is 0.339 e. The molecular formula is C13H23N3O. The summed E-state index contributed by atoms with van der Waals surface area (Å²) >= 11 is 0. The molecule has 4 heteroatoms. The molecule has 0 radical (unpaired) electrons. The molecule has 0 aliphatic heterocycles. The van der Waals surface area contributed by atoms with Gasteiger partial charge in [0.05, 0.1) is 0 Å². The number of aryl methyl sites for hydroxylation is 1. The number of nitrogens with zero attached hydrogens (tertiary/aromatic N) is 2. The first-order valence-corrected chi connectivity index (χ1v) is 6.85. The average Bonchev–Trinajstić information content (AvgIpc) is 2.97. The van der Waals surface area contributed by atoms with Gasteiger partial charge in [0.2, 0.25) is 5.89 Å². The van der Waals surface area contributed by atoms with Crippen LogP contribution >= 0.6 is 0 Å². The molecular weight excluding hydrogens is 214 g/mol. The van der Waals surface area contributed by atoms with E-state index in [9.17, 15) is 0 Å². The minimum Gasteiger partial charge on any atom is -0.339 e. The fourth-order valence-corrected chi connectivity index (χ4v) is 2.48. The van der Waals surface area contributed by atoms with E-state index < -0.39 is 0 Å². The molecule has 96 valence electrons. The van der Waals surface area contributed by atoms with Crippen molar-refractivity contribution in [3.05, 3.63) is 11.7 Å². The molecule has 1 atom stereocenters. The van der Waals surface area contributed by atoms with E-state index in [-0.39, 0.29) is 6.04 Å². The van der Waals surface area contributed by atoms with E-state index in [1.54, 1.807) is 0 Å². The highest BCUT2D eigenvalue weighted by Crippen LogP contribution is 2.28. The minimum absolute atomic E-state index is 0.148. The van der Waals surface area contributed by atoms with Crippen molar-refractivity contribution >= 4 is 0 Å². The second-order valence-corrected chi connectivity index (χ2v) is 5.17. The Hall–Kier alpha value is -0.900. The van der Waals surface area contributed by atoms with Gasteiger partial charge in [0, 0.05) is 18.9 Å². The molecule has 17 heavy (non-hydrogen) atoms. The van der Waals surface area contributed by atoms with Gasteiger partial charge in [-0.1, -0.05) is 37.8 Å². The van der Waals surface area contributed by atoms with E-state index in [2.05, 4.69) is 17.1 Å². The first-order chi connectivity index (χ1) is 8.28. The Morgan fingerprint density at radius 2 is 2.18 bits per heavy atom. The molecule has 1 aliphatic carbocycles. The third-order valence-corrected chi connectivity index (χ3v) is 3.72. The summed E-state index contributed by atoms with van der Waals surface area (Å²) in [5, 5.41) is 3.98. The van der Waals surface area contributed by atoms with Gasteiger partial charge in [0.1, 0.15) is 0 Å². The maximum absolute atomic E-state index is 5.87. The number of hydrogen-bond acceptors (Lipinski definition) is 4. The van der Waals surface area contributed by atoms with Crippen LogP contribution in [0.4, 0.5) is 0 Å². The van der Waals surface area contributed by atoms with Crippen LogP contribution in [0.1, 0.15) is 57.2 Å². The summed E-state index contributed by atoms with van der Waals surface area (Å²) in [7, 11) is 0. The van der Waals surface area contributed by atoms with Gasteiger partial charge in [-0.05, 0) is 18.8 Å². The molecule has 1 heterocycles. The van der Waals surface area contributed by atoms with Gasteiger partial charge < -0.3 is 10.3 Å². The molecule has 0 saturated heterocycles. The van der Waals surface area contributed by atoms with Gasteiger partial charge in [-0.3, -0.25) is 0 Å². The van der Waals surface area contributed by atoms with Crippen molar-refractivity contribution in [1.29, 1.82) is 0 Å². The molecule has 1 fully saturated rings. The fourth-order valence-electron chi connectivity index (χ4n) is 2.48. The molecule has 1 saturated carbocycles. The highest BCUT2D eigenvalue weighted by molar-refractivity contribution is 4.90. The molecule has 0 aromatic carbocycles. The van der Waals surface area contributed by atoms with Crippen molar-refractivity contribution in [3.8, 4) is 0 Å². The van der Waals surface area contributed by atoms with Crippen LogP contribution in [0, 0.1) is 5.92 Å². The predicted molar refractivity (Wildman–Crippen MR) is 66.5 cm³/mol. The first kappa shape index (κ1) is 12.6. The lowest BCUT2D eigenvalue weighted by Gasteiger charge is -2.05. The molecule has 0 spiro atoms. The highest BCUT2D eigenvalue weighted by atomic mass is 16.5. The zero-order chi connectivity index (χ0) is 12.1. The van der Waals surface area contributed by atoms with Crippen LogP contribution < -0.4 is 5.73 Å². The second-order valence-electron chi connectivity index (χ2n) is 5.17. The lowest BCUT2D eigenvalue weighted by Crippen LogP contribution is -2.22. The number of aromatic nitrogens is 2. The summed E-state index contributed by atoms with van der Waals surface area (Å²) < 4.78 is 5.25. The number of rotatable bonds is 6. The third kappa shape index (κ3) is 3.80. The maximum Gasteiger partial charge on any atom is 0.226 e. The van der Waals surface area contributed by atoms with Crippen molar-refractivity contribution in [2.75, 3.05) is 0 Å². The van der Waals surface area contributed by atoms with E-state index in [0.29, 0.717) is 0 Å². The normalized spacial score (nSPS) is 18.7. The van der Waals surface area contributed by atoms with Crippen molar-refractivity contribution in [2.45, 2.75) is 64.3 Å². The molecule has 1 aromatic rings. The smallest absolute Gasteiger partial charge is 0.226 e. The van der Waals surface area contributed by atoms with Crippen LogP contribution in [-0.4, -0.2) is 16.2 Å². The SMILES string of the molecule is CCC(N)Cc1noc(CCC2CCCC2)n1. The van der Waals surface area contributed by atoms with E-state index in [1.807, 2.05) is 0 Å². The quantitative estimate of drug-likeness (QED) is 0.825. The summed E-state index contributed by atoms with van der Waals surface area (Å²) in [5.74, 6) is 2.43. The van der Waals surface area contributed by atoms with Crippen molar-refractivity contribution in [2.24, 2.45) is 11.7 Å². The maximum atomic E-state index is 5.87. The molecule has 1 unspecified atom stereocenters. The summed E-state index contributed by atoms with van der Waals surface area (Å²) in [6.45, 7) is 2.08. The zero-order valence-electron chi connectivity index (χ0n) is 10.7. The van der Waals surface area contributed by atoms with E-state index in [0.717, 1.165) is 36.9 Å². The van der Waals surface area contributed by atoms with Gasteiger partial charge in [-0.15, -0.1) is 0 Å². The van der Waals surface area contributed by atoms with Gasteiger partial charge in [0.25, 0.3) is 0 Å². The minimum atomic E-state index is 0.148. The lowest BCUT2D eigenvalue weighted by atomic mass is 10.0. The molecule has 2 rings (SSSR count). The van der Waals surface area contributed by atoms with Gasteiger partial charge in [-0.25, -0.2) is 0 Å². The Kier molecular flexibility index (Phi) is 4.54. The molecule has 0 amide bonds. The van der Waals surface area contributed by atoms with E-state index in [4.69, 9.17) is 10.3 Å². The summed E-state index contributed by atoms with van der Waals surface area (Å²) in [5.41, 5.74) is 5.87. The third-order valence-electron chi connectivity index (χ3n) is 3.72. The topological polar surface area (TPSA) is 64.9 Å². The summed E-state index contributed by atoms with van der Waals surface area (Å²) in [6, 6.07) is 0.148. The molecule has 0 bridgehead atoms. The Balaban J connectivity index is 1.77. The van der Waals surface area contributed by atoms with Crippen LogP contribution in [-0.2, 0) is 12.8 Å². The van der Waals surface area contributed by atoms with Crippen molar-refractivity contribution < 1.29 is 4.52 Å². The summed E-state index contributed by atoms with van der Waals surface area (Å²) in [6.07, 6.45) is 9.34.